The van der Waals surface area contributed by atoms with Crippen molar-refractivity contribution in [3.63, 3.8) is 0 Å². The molecule has 140 valence electrons. The Bertz CT molecular complexity index is 874. The lowest BCUT2D eigenvalue weighted by Gasteiger charge is -2.22. The Hall–Kier alpha value is -2.76. The average molecular weight is 356 g/mol. The van der Waals surface area contributed by atoms with Crippen molar-refractivity contribution in [2.45, 2.75) is 34.6 Å². The summed E-state index contributed by atoms with van der Waals surface area (Å²) in [5.41, 5.74) is 4.33. The van der Waals surface area contributed by atoms with Crippen LogP contribution >= 0.6 is 0 Å². The van der Waals surface area contributed by atoms with E-state index >= 15 is 0 Å². The van der Waals surface area contributed by atoms with Gasteiger partial charge in [-0.1, -0.05) is 6.58 Å². The Morgan fingerprint density at radius 1 is 1.35 bits per heavy atom. The van der Waals surface area contributed by atoms with Crippen LogP contribution in [0.4, 0.5) is 5.82 Å². The molecule has 26 heavy (non-hydrogen) atoms. The van der Waals surface area contributed by atoms with E-state index in [2.05, 4.69) is 31.4 Å². The van der Waals surface area contributed by atoms with Gasteiger partial charge in [-0.3, -0.25) is 0 Å². The van der Waals surface area contributed by atoms with Gasteiger partial charge in [0.15, 0.2) is 5.65 Å². The highest BCUT2D eigenvalue weighted by Gasteiger charge is 2.19. The Morgan fingerprint density at radius 2 is 2.00 bits per heavy atom. The van der Waals surface area contributed by atoms with E-state index in [9.17, 15) is 5.11 Å². The lowest BCUT2D eigenvalue weighted by molar-refractivity contribution is 0.304. The van der Waals surface area contributed by atoms with E-state index in [4.69, 9.17) is 14.8 Å². The van der Waals surface area contributed by atoms with Gasteiger partial charge in [0, 0.05) is 42.1 Å². The number of ether oxygens (including phenoxy) is 1. The molecule has 2 rings (SSSR count). The first-order valence-electron chi connectivity index (χ1n) is 8.78. The topological polar surface area (TPSA) is 62.9 Å². The van der Waals surface area contributed by atoms with Crippen molar-refractivity contribution in [1.82, 2.24) is 14.6 Å². The molecular weight excluding hydrogens is 328 g/mol. The fourth-order valence-corrected chi connectivity index (χ4v) is 3.07. The number of anilines is 1. The second kappa shape index (κ2) is 8.08. The van der Waals surface area contributed by atoms with Gasteiger partial charge < -0.3 is 14.7 Å². The van der Waals surface area contributed by atoms with Gasteiger partial charge in [-0.2, -0.15) is 9.61 Å². The van der Waals surface area contributed by atoms with Gasteiger partial charge in [-0.05, 0) is 40.7 Å². The number of hydrogen-bond donors (Lipinski definition) is 1. The largest absolute Gasteiger partial charge is 0.508 e. The van der Waals surface area contributed by atoms with Crippen molar-refractivity contribution in [2.75, 3.05) is 25.1 Å². The summed E-state index contributed by atoms with van der Waals surface area (Å²) in [6.45, 7) is 15.5. The number of fused-ring (bicyclic) bond motifs is 1. The third-order valence-electron chi connectivity index (χ3n) is 4.41. The molecule has 0 unspecified atom stereocenters. The van der Waals surface area contributed by atoms with Crippen molar-refractivity contribution in [3.8, 4) is 0 Å². The first-order valence-corrected chi connectivity index (χ1v) is 8.78. The zero-order chi connectivity index (χ0) is 19.4. The maximum Gasteiger partial charge on any atom is 0.165 e. The summed E-state index contributed by atoms with van der Waals surface area (Å²) in [7, 11) is 1.58. The minimum absolute atomic E-state index is 0.0447. The molecule has 0 aliphatic rings. The highest BCUT2D eigenvalue weighted by molar-refractivity contribution is 5.80. The molecular formula is C20H28N4O2. The number of aliphatic hydroxyl groups excluding tert-OH is 1. The molecule has 0 aliphatic heterocycles. The molecule has 6 nitrogen and oxygen atoms in total. The van der Waals surface area contributed by atoms with E-state index in [1.54, 1.807) is 13.2 Å². The van der Waals surface area contributed by atoms with E-state index in [1.807, 2.05) is 25.3 Å². The van der Waals surface area contributed by atoms with Gasteiger partial charge in [0.1, 0.15) is 17.3 Å². The number of nitrogens with zero attached hydrogens (tertiary/aromatic N) is 4. The molecule has 2 aromatic heterocycles. The van der Waals surface area contributed by atoms with Gasteiger partial charge in [0.05, 0.1) is 12.8 Å². The Morgan fingerprint density at radius 3 is 2.54 bits per heavy atom. The van der Waals surface area contributed by atoms with Crippen LogP contribution in [0.25, 0.3) is 11.2 Å². The van der Waals surface area contributed by atoms with Gasteiger partial charge in [-0.25, -0.2) is 4.98 Å². The van der Waals surface area contributed by atoms with Gasteiger partial charge in [0.25, 0.3) is 0 Å². The van der Waals surface area contributed by atoms with Crippen molar-refractivity contribution < 1.29 is 9.84 Å². The van der Waals surface area contributed by atoms with E-state index in [1.165, 1.54) is 6.08 Å². The smallest absolute Gasteiger partial charge is 0.165 e. The van der Waals surface area contributed by atoms with Crippen molar-refractivity contribution in [3.05, 3.63) is 53.3 Å². The molecule has 0 spiro atoms. The number of allylic oxidation sites excluding steroid dienone is 3. The molecule has 2 heterocycles. The SMILES string of the molecule is C=C/C(O)=C\C(OC)=C(/C)c1c(C)nn2c(N(CC)CC)cc(C)nc12. The van der Waals surface area contributed by atoms with Crippen molar-refractivity contribution in [2.24, 2.45) is 0 Å². The van der Waals surface area contributed by atoms with Crippen LogP contribution in [0.2, 0.25) is 0 Å². The summed E-state index contributed by atoms with van der Waals surface area (Å²) in [6.07, 6.45) is 2.92. The Balaban J connectivity index is 2.80. The van der Waals surface area contributed by atoms with Crippen LogP contribution in [0.3, 0.4) is 0 Å². The molecule has 0 radical (unpaired) electrons. The number of aromatic nitrogens is 3. The van der Waals surface area contributed by atoms with E-state index in [0.29, 0.717) is 5.76 Å². The monoisotopic (exact) mass is 356 g/mol. The number of aryl methyl sites for hydroxylation is 2. The molecule has 0 atom stereocenters. The van der Waals surface area contributed by atoms with Crippen LogP contribution in [0.1, 0.15) is 37.7 Å². The lowest BCUT2D eigenvalue weighted by Crippen LogP contribution is -2.25. The van der Waals surface area contributed by atoms with E-state index < -0.39 is 0 Å². The second-order valence-corrected chi connectivity index (χ2v) is 6.09. The first kappa shape index (κ1) is 19.6. The van der Waals surface area contributed by atoms with Gasteiger partial charge in [0.2, 0.25) is 0 Å². The molecule has 0 saturated heterocycles. The summed E-state index contributed by atoms with van der Waals surface area (Å²) in [6, 6.07) is 2.05. The van der Waals surface area contributed by atoms with Crippen LogP contribution in [0.15, 0.2) is 36.3 Å². The van der Waals surface area contributed by atoms with Crippen LogP contribution in [-0.2, 0) is 4.74 Å². The van der Waals surface area contributed by atoms with E-state index in [-0.39, 0.29) is 5.76 Å². The molecule has 0 aliphatic carbocycles. The lowest BCUT2D eigenvalue weighted by atomic mass is 10.1. The van der Waals surface area contributed by atoms with Gasteiger partial charge in [-0.15, -0.1) is 0 Å². The summed E-state index contributed by atoms with van der Waals surface area (Å²) in [5.74, 6) is 1.61. The highest BCUT2D eigenvalue weighted by atomic mass is 16.5. The molecule has 2 aromatic rings. The fourth-order valence-electron chi connectivity index (χ4n) is 3.07. The third-order valence-corrected chi connectivity index (χ3v) is 4.41. The average Bonchev–Trinajstić information content (AvgIpc) is 2.95. The standard InChI is InChI=1S/C20H28N4O2/c1-8-16(25)12-17(26-7)14(5)19-15(6)22-24-18(23(9-2)10-3)11-13(4)21-20(19)24/h8,11-12,25H,1,9-10H2,2-7H3/b16-12+,17-14-. The normalized spacial score (nSPS) is 12.9. The summed E-state index contributed by atoms with van der Waals surface area (Å²) in [4.78, 5) is 6.97. The summed E-state index contributed by atoms with van der Waals surface area (Å²) < 4.78 is 7.37. The maximum absolute atomic E-state index is 9.80. The van der Waals surface area contributed by atoms with Crippen LogP contribution < -0.4 is 4.90 Å². The van der Waals surface area contributed by atoms with Crippen LogP contribution in [-0.4, -0.2) is 39.9 Å². The molecule has 0 fully saturated rings. The predicted molar refractivity (Wildman–Crippen MR) is 107 cm³/mol. The zero-order valence-electron chi connectivity index (χ0n) is 16.5. The molecule has 0 saturated carbocycles. The number of methoxy groups -OCH3 is 1. The van der Waals surface area contributed by atoms with Crippen LogP contribution in [0.5, 0.6) is 0 Å². The van der Waals surface area contributed by atoms with Gasteiger partial charge >= 0.3 is 0 Å². The van der Waals surface area contributed by atoms with Crippen molar-refractivity contribution >= 4 is 17.0 Å². The van der Waals surface area contributed by atoms with E-state index in [0.717, 1.165) is 47.1 Å². The fraction of sp³-hybridized carbons (Fsp3) is 0.400. The molecule has 0 amide bonds. The minimum Gasteiger partial charge on any atom is -0.508 e. The number of aliphatic hydroxyl groups is 1. The zero-order valence-corrected chi connectivity index (χ0v) is 16.5. The Kier molecular flexibility index (Phi) is 6.08. The quantitative estimate of drug-likeness (QED) is 0.595. The number of rotatable bonds is 7. The summed E-state index contributed by atoms with van der Waals surface area (Å²) >= 11 is 0. The molecule has 1 N–H and O–H groups in total. The summed E-state index contributed by atoms with van der Waals surface area (Å²) in [5, 5.41) is 14.5. The third kappa shape index (κ3) is 3.59. The van der Waals surface area contributed by atoms with Crippen molar-refractivity contribution in [1.29, 1.82) is 0 Å². The van der Waals surface area contributed by atoms with Crippen LogP contribution in [0, 0.1) is 13.8 Å². The second-order valence-electron chi connectivity index (χ2n) is 6.09. The molecule has 0 aromatic carbocycles. The minimum atomic E-state index is 0.0447. The molecule has 6 heteroatoms. The predicted octanol–water partition coefficient (Wildman–Crippen LogP) is 4.20. The molecule has 0 bridgehead atoms. The highest BCUT2D eigenvalue weighted by Crippen LogP contribution is 2.29. The first-order chi connectivity index (χ1) is 12.4. The number of hydrogen-bond acceptors (Lipinski definition) is 5. The maximum atomic E-state index is 9.80. The Labute approximate surface area is 155 Å².